The summed E-state index contributed by atoms with van der Waals surface area (Å²) >= 11 is 0. The fourth-order valence-electron chi connectivity index (χ4n) is 4.76. The van der Waals surface area contributed by atoms with Gasteiger partial charge in [-0.05, 0) is 70.9 Å². The molecule has 2 unspecified atom stereocenters. The third-order valence-corrected chi connectivity index (χ3v) is 5.82. The number of benzene rings is 1. The second kappa shape index (κ2) is 4.91. The van der Waals surface area contributed by atoms with Crippen molar-refractivity contribution in [2.24, 2.45) is 5.41 Å². The van der Waals surface area contributed by atoms with E-state index in [-0.39, 0.29) is 5.41 Å². The van der Waals surface area contributed by atoms with E-state index in [2.05, 4.69) is 33.1 Å². The van der Waals surface area contributed by atoms with Crippen LogP contribution < -0.4 is 0 Å². The number of hydrogen-bond donors (Lipinski definition) is 1. The van der Waals surface area contributed by atoms with Crippen LogP contribution in [0.5, 0.6) is 5.75 Å². The fourth-order valence-corrected chi connectivity index (χ4v) is 4.76. The maximum atomic E-state index is 9.86. The van der Waals surface area contributed by atoms with Gasteiger partial charge < -0.3 is 5.11 Å². The molecule has 3 rings (SSSR count). The maximum absolute atomic E-state index is 9.86. The molecule has 0 saturated heterocycles. The van der Waals surface area contributed by atoms with Crippen LogP contribution >= 0.6 is 0 Å². The highest BCUT2D eigenvalue weighted by molar-refractivity contribution is 5.51. The Morgan fingerprint density at radius 1 is 1.19 bits per heavy atom. The van der Waals surface area contributed by atoms with Gasteiger partial charge in [0.2, 0.25) is 0 Å². The first kappa shape index (κ1) is 14.2. The molecule has 0 bridgehead atoms. The van der Waals surface area contributed by atoms with Gasteiger partial charge in [-0.2, -0.15) is 0 Å². The van der Waals surface area contributed by atoms with Crippen LogP contribution in [0.3, 0.4) is 0 Å². The van der Waals surface area contributed by atoms with Crippen LogP contribution in [0.25, 0.3) is 0 Å². The monoisotopic (exact) mass is 280 g/mol. The molecule has 1 aromatic rings. The summed E-state index contributed by atoms with van der Waals surface area (Å²) in [5.74, 6) is 1.39. The van der Waals surface area contributed by atoms with E-state index in [1.165, 1.54) is 22.3 Å². The van der Waals surface area contributed by atoms with Crippen molar-refractivity contribution in [1.29, 1.82) is 0 Å². The van der Waals surface area contributed by atoms with E-state index in [0.29, 0.717) is 17.6 Å². The number of hydrogen-bond acceptors (Lipinski definition) is 1. The summed E-state index contributed by atoms with van der Waals surface area (Å²) in [4.78, 5) is 0. The van der Waals surface area contributed by atoms with Crippen LogP contribution in [0.2, 0.25) is 0 Å². The molecule has 110 valence electrons. The van der Waals surface area contributed by atoms with E-state index in [0.717, 1.165) is 19.3 Å². The molecule has 0 fully saturated rings. The summed E-state index contributed by atoms with van der Waals surface area (Å²) in [7, 11) is 0. The molecule has 0 aromatic heterocycles. The predicted octanol–water partition coefficient (Wildman–Crippen LogP) is 5.45. The quantitative estimate of drug-likeness (QED) is 0.780. The zero-order valence-electron chi connectivity index (χ0n) is 13.0. The summed E-state index contributed by atoms with van der Waals surface area (Å²) in [6, 6.07) is 5.93. The van der Waals surface area contributed by atoms with Crippen LogP contribution in [0.1, 0.15) is 56.1 Å². The fraction of sp³-hybridized carbons (Fsp3) is 0.400. The summed E-state index contributed by atoms with van der Waals surface area (Å²) in [5, 5.41) is 9.86. The Labute approximate surface area is 127 Å². The van der Waals surface area contributed by atoms with E-state index in [9.17, 15) is 5.11 Å². The first-order chi connectivity index (χ1) is 10.1. The molecule has 2 atom stereocenters. The van der Waals surface area contributed by atoms with E-state index >= 15 is 0 Å². The number of fused-ring (bicyclic) bond motifs is 1. The van der Waals surface area contributed by atoms with Crippen LogP contribution in [-0.2, 0) is 0 Å². The second-order valence-corrected chi connectivity index (χ2v) is 6.54. The minimum atomic E-state index is 0.234. The van der Waals surface area contributed by atoms with E-state index in [1.807, 2.05) is 24.3 Å². The van der Waals surface area contributed by atoms with Gasteiger partial charge in [-0.3, -0.25) is 0 Å². The van der Waals surface area contributed by atoms with E-state index in [1.54, 1.807) is 0 Å². The van der Waals surface area contributed by atoms with Gasteiger partial charge in [0, 0.05) is 0 Å². The lowest BCUT2D eigenvalue weighted by Crippen LogP contribution is -2.26. The summed E-state index contributed by atoms with van der Waals surface area (Å²) in [5.41, 5.74) is 5.70. The van der Waals surface area contributed by atoms with Crippen molar-refractivity contribution >= 4 is 0 Å². The highest BCUT2D eigenvalue weighted by Crippen LogP contribution is 2.65. The number of phenols is 1. The van der Waals surface area contributed by atoms with E-state index in [4.69, 9.17) is 0 Å². The number of rotatable bonds is 3. The number of phenolic OH excluding ortho intramolecular Hbond substituents is 1. The van der Waals surface area contributed by atoms with Gasteiger partial charge in [0.25, 0.3) is 0 Å². The zero-order valence-corrected chi connectivity index (χ0v) is 13.0. The Kier molecular flexibility index (Phi) is 3.32. The Hall–Kier alpha value is -1.76. The van der Waals surface area contributed by atoms with Crippen molar-refractivity contribution in [3.05, 3.63) is 65.8 Å². The third-order valence-electron chi connectivity index (χ3n) is 5.82. The van der Waals surface area contributed by atoms with Gasteiger partial charge >= 0.3 is 0 Å². The average Bonchev–Trinajstić information content (AvgIpc) is 2.97. The van der Waals surface area contributed by atoms with Crippen LogP contribution in [0.15, 0.2) is 54.7 Å². The first-order valence-corrected chi connectivity index (χ1v) is 7.87. The van der Waals surface area contributed by atoms with Crippen molar-refractivity contribution in [2.45, 2.75) is 44.9 Å². The molecule has 0 amide bonds. The van der Waals surface area contributed by atoms with Crippen molar-refractivity contribution in [2.75, 3.05) is 0 Å². The van der Waals surface area contributed by atoms with Gasteiger partial charge in [-0.15, -0.1) is 0 Å². The highest BCUT2D eigenvalue weighted by Gasteiger charge is 2.52. The highest BCUT2D eigenvalue weighted by atomic mass is 16.3. The molecule has 1 N–H and O–H groups in total. The lowest BCUT2D eigenvalue weighted by Gasteiger charge is -2.36. The molecule has 0 aliphatic heterocycles. The summed E-state index contributed by atoms with van der Waals surface area (Å²) < 4.78 is 0. The predicted molar refractivity (Wildman–Crippen MR) is 88.6 cm³/mol. The minimum Gasteiger partial charge on any atom is -0.508 e. The maximum Gasteiger partial charge on any atom is 0.115 e. The van der Waals surface area contributed by atoms with Crippen LogP contribution in [0.4, 0.5) is 0 Å². The second-order valence-electron chi connectivity index (χ2n) is 6.54. The van der Waals surface area contributed by atoms with Gasteiger partial charge in [0.1, 0.15) is 5.75 Å². The number of aromatic hydroxyl groups is 1. The first-order valence-electron chi connectivity index (χ1n) is 7.87. The average molecular weight is 280 g/mol. The lowest BCUT2D eigenvalue weighted by molar-refractivity contribution is 0.213. The molecule has 1 nitrogen and oxygen atoms in total. The molecular weight excluding hydrogens is 256 g/mol. The van der Waals surface area contributed by atoms with Crippen molar-refractivity contribution in [3.8, 4) is 5.75 Å². The van der Waals surface area contributed by atoms with Crippen molar-refractivity contribution in [3.63, 3.8) is 0 Å². The molecule has 0 heterocycles. The minimum absolute atomic E-state index is 0.234. The Morgan fingerprint density at radius 3 is 2.33 bits per heavy atom. The molecular formula is C20H24O. The molecule has 1 spiro atoms. The van der Waals surface area contributed by atoms with Crippen LogP contribution in [-0.4, -0.2) is 5.11 Å². The lowest BCUT2D eigenvalue weighted by atomic mass is 9.67. The molecule has 0 saturated carbocycles. The topological polar surface area (TPSA) is 20.2 Å². The zero-order chi connectivity index (χ0) is 15.2. The van der Waals surface area contributed by atoms with Crippen molar-refractivity contribution < 1.29 is 5.11 Å². The molecule has 21 heavy (non-hydrogen) atoms. The molecule has 2 aliphatic carbocycles. The van der Waals surface area contributed by atoms with Crippen LogP contribution in [0, 0.1) is 5.41 Å². The standard InChI is InChI=1S/C20H24O/c1-5-14-11-20(12-15(14)6-2)13(4)18-10-16(21)8-9-17(18)19(20)7-3/h5-6,8-10,13,19,21H,1-2,7,11-12H2,3-4H3. The molecule has 1 heteroatoms. The summed E-state index contributed by atoms with van der Waals surface area (Å²) in [6.07, 6.45) is 7.30. The van der Waals surface area contributed by atoms with Gasteiger partial charge in [-0.25, -0.2) is 0 Å². The Bertz CT molecular complexity index is 615. The van der Waals surface area contributed by atoms with Crippen molar-refractivity contribution in [1.82, 2.24) is 0 Å². The molecule has 2 aliphatic rings. The normalized spacial score (nSPS) is 26.2. The largest absolute Gasteiger partial charge is 0.508 e. The smallest absolute Gasteiger partial charge is 0.115 e. The van der Waals surface area contributed by atoms with Gasteiger partial charge in [-0.1, -0.05) is 45.2 Å². The van der Waals surface area contributed by atoms with E-state index < -0.39 is 0 Å². The molecule has 1 aromatic carbocycles. The Morgan fingerprint density at radius 2 is 1.81 bits per heavy atom. The third kappa shape index (κ3) is 1.83. The summed E-state index contributed by atoms with van der Waals surface area (Å²) in [6.45, 7) is 12.6. The number of allylic oxidation sites excluding steroid dienone is 4. The van der Waals surface area contributed by atoms with Gasteiger partial charge in [0.05, 0.1) is 0 Å². The Balaban J connectivity index is 2.10. The molecule has 0 radical (unpaired) electrons. The SMILES string of the molecule is C=CC1=C(C=C)CC2(C1)C(C)c1cc(O)ccc1C2CC. The van der Waals surface area contributed by atoms with Gasteiger partial charge in [0.15, 0.2) is 0 Å².